The van der Waals surface area contributed by atoms with Gasteiger partial charge < -0.3 is 14.5 Å². The van der Waals surface area contributed by atoms with Crippen LogP contribution < -0.4 is 9.64 Å². The molecule has 4 heterocycles. The van der Waals surface area contributed by atoms with E-state index in [-0.39, 0.29) is 11.8 Å². The SMILES string of the molecule is COc1cc(N2CCC3(CCN(C(=O)c4cc(C)n(C)n4)CC3)C2=O)ccc1-c1cn[nH]c1. The van der Waals surface area contributed by atoms with E-state index in [4.69, 9.17) is 4.74 Å². The highest BCUT2D eigenvalue weighted by Crippen LogP contribution is 2.44. The largest absolute Gasteiger partial charge is 0.496 e. The molecular formula is C24H28N6O3. The van der Waals surface area contributed by atoms with Gasteiger partial charge in [-0.3, -0.25) is 19.4 Å². The number of nitrogens with zero attached hydrogens (tertiary/aromatic N) is 5. The van der Waals surface area contributed by atoms with Crippen molar-refractivity contribution in [3.63, 3.8) is 0 Å². The van der Waals surface area contributed by atoms with Crippen molar-refractivity contribution in [1.29, 1.82) is 0 Å². The molecule has 2 fully saturated rings. The number of aromatic amines is 1. The summed E-state index contributed by atoms with van der Waals surface area (Å²) in [4.78, 5) is 30.1. The van der Waals surface area contributed by atoms with Crippen LogP contribution in [0.1, 0.15) is 35.4 Å². The molecule has 2 aliphatic rings. The molecule has 0 bridgehead atoms. The van der Waals surface area contributed by atoms with Crippen molar-refractivity contribution in [3.05, 3.63) is 48.0 Å². The van der Waals surface area contributed by atoms with E-state index in [0.29, 0.717) is 43.9 Å². The molecule has 3 aromatic rings. The number of carbonyl (C=O) groups is 2. The average molecular weight is 449 g/mol. The van der Waals surface area contributed by atoms with E-state index in [1.54, 1.807) is 18.0 Å². The number of aryl methyl sites for hydroxylation is 2. The molecule has 1 N–H and O–H groups in total. The van der Waals surface area contributed by atoms with Crippen LogP contribution in [-0.2, 0) is 11.8 Å². The number of anilines is 1. The Morgan fingerprint density at radius 3 is 2.55 bits per heavy atom. The predicted octanol–water partition coefficient (Wildman–Crippen LogP) is 2.79. The first-order valence-corrected chi connectivity index (χ1v) is 11.2. The van der Waals surface area contributed by atoms with Crippen molar-refractivity contribution in [2.24, 2.45) is 12.5 Å². The van der Waals surface area contributed by atoms with Gasteiger partial charge >= 0.3 is 0 Å². The summed E-state index contributed by atoms with van der Waals surface area (Å²) in [6, 6.07) is 7.66. The summed E-state index contributed by atoms with van der Waals surface area (Å²) in [7, 11) is 3.46. The molecule has 0 unspecified atom stereocenters. The number of benzene rings is 1. The second-order valence-corrected chi connectivity index (χ2v) is 8.95. The number of aromatic nitrogens is 4. The number of methoxy groups -OCH3 is 1. The minimum Gasteiger partial charge on any atom is -0.496 e. The molecule has 2 aliphatic heterocycles. The Morgan fingerprint density at radius 2 is 1.91 bits per heavy atom. The minimum atomic E-state index is -0.409. The van der Waals surface area contributed by atoms with Gasteiger partial charge in [0.25, 0.3) is 5.91 Å². The van der Waals surface area contributed by atoms with Crippen LogP contribution in [0.15, 0.2) is 36.7 Å². The maximum absolute atomic E-state index is 13.5. The highest BCUT2D eigenvalue weighted by Gasteiger charge is 2.49. The highest BCUT2D eigenvalue weighted by molar-refractivity contribution is 6.01. The van der Waals surface area contributed by atoms with Crippen molar-refractivity contribution < 1.29 is 14.3 Å². The number of likely N-dealkylation sites (tertiary alicyclic amines) is 1. The van der Waals surface area contributed by atoms with Gasteiger partial charge in [0, 0.05) is 61.5 Å². The number of hydrogen-bond acceptors (Lipinski definition) is 5. The Hall–Kier alpha value is -3.62. The Kier molecular flexibility index (Phi) is 5.19. The molecule has 0 aliphatic carbocycles. The Bertz CT molecular complexity index is 1170. The summed E-state index contributed by atoms with van der Waals surface area (Å²) in [6.45, 7) is 3.73. The molecule has 0 radical (unpaired) electrons. The standard InChI is InChI=1S/C24H28N6O3/c1-16-12-20(27-28(16)2)22(31)29-9-6-24(7-10-29)8-11-30(23(24)32)18-4-5-19(21(13-18)33-3)17-14-25-26-15-17/h4-5,12-15H,6-11H2,1-3H3,(H,25,26). The van der Waals surface area contributed by atoms with Crippen LogP contribution in [0.5, 0.6) is 5.75 Å². The zero-order valence-corrected chi connectivity index (χ0v) is 19.2. The van der Waals surface area contributed by atoms with Gasteiger partial charge in [-0.05, 0) is 44.4 Å². The lowest BCUT2D eigenvalue weighted by Gasteiger charge is -2.37. The Labute approximate surface area is 192 Å². The lowest BCUT2D eigenvalue weighted by atomic mass is 9.77. The van der Waals surface area contributed by atoms with Crippen molar-refractivity contribution >= 4 is 17.5 Å². The summed E-state index contributed by atoms with van der Waals surface area (Å²) >= 11 is 0. The van der Waals surface area contributed by atoms with Crippen LogP contribution in [0.4, 0.5) is 5.69 Å². The average Bonchev–Trinajstić information content (AvgIpc) is 3.55. The number of amides is 2. The Morgan fingerprint density at radius 1 is 1.15 bits per heavy atom. The third-order valence-corrected chi connectivity index (χ3v) is 7.16. The highest BCUT2D eigenvalue weighted by atomic mass is 16.5. The lowest BCUT2D eigenvalue weighted by Crippen LogP contribution is -2.46. The van der Waals surface area contributed by atoms with E-state index in [1.807, 2.05) is 54.2 Å². The van der Waals surface area contributed by atoms with E-state index < -0.39 is 5.41 Å². The van der Waals surface area contributed by atoms with Gasteiger partial charge in [-0.1, -0.05) is 0 Å². The molecule has 2 saturated heterocycles. The molecular weight excluding hydrogens is 420 g/mol. The van der Waals surface area contributed by atoms with Crippen LogP contribution in [0.3, 0.4) is 0 Å². The van der Waals surface area contributed by atoms with Crippen LogP contribution >= 0.6 is 0 Å². The first-order valence-electron chi connectivity index (χ1n) is 11.2. The number of hydrogen-bond donors (Lipinski definition) is 1. The van der Waals surface area contributed by atoms with Gasteiger partial charge in [0.2, 0.25) is 5.91 Å². The minimum absolute atomic E-state index is 0.0598. The molecule has 1 aromatic carbocycles. The third kappa shape index (κ3) is 3.57. The summed E-state index contributed by atoms with van der Waals surface area (Å²) in [6.07, 6.45) is 5.69. The van der Waals surface area contributed by atoms with Crippen LogP contribution in [0.25, 0.3) is 11.1 Å². The van der Waals surface area contributed by atoms with Crippen molar-refractivity contribution in [2.75, 3.05) is 31.6 Å². The third-order valence-electron chi connectivity index (χ3n) is 7.16. The molecule has 172 valence electrons. The number of piperidine rings is 1. The van der Waals surface area contributed by atoms with Crippen molar-refractivity contribution in [2.45, 2.75) is 26.2 Å². The molecule has 9 nitrogen and oxygen atoms in total. The van der Waals surface area contributed by atoms with E-state index in [0.717, 1.165) is 28.9 Å². The fourth-order valence-electron chi connectivity index (χ4n) is 4.98. The quantitative estimate of drug-likeness (QED) is 0.662. The lowest BCUT2D eigenvalue weighted by molar-refractivity contribution is -0.127. The van der Waals surface area contributed by atoms with Crippen molar-refractivity contribution in [3.8, 4) is 16.9 Å². The van der Waals surface area contributed by atoms with E-state index >= 15 is 0 Å². The predicted molar refractivity (Wildman–Crippen MR) is 123 cm³/mol. The topological polar surface area (TPSA) is 96.3 Å². The second kappa shape index (κ2) is 8.06. The normalized spacial score (nSPS) is 17.7. The fourth-order valence-corrected chi connectivity index (χ4v) is 4.98. The smallest absolute Gasteiger partial charge is 0.274 e. The molecule has 0 atom stereocenters. The summed E-state index contributed by atoms with van der Waals surface area (Å²) < 4.78 is 7.31. The molecule has 2 aromatic heterocycles. The maximum Gasteiger partial charge on any atom is 0.274 e. The maximum atomic E-state index is 13.5. The van der Waals surface area contributed by atoms with Crippen LogP contribution in [0.2, 0.25) is 0 Å². The fraction of sp³-hybridized carbons (Fsp3) is 0.417. The summed E-state index contributed by atoms with van der Waals surface area (Å²) in [5.74, 6) is 0.783. The Balaban J connectivity index is 1.30. The van der Waals surface area contributed by atoms with Gasteiger partial charge in [0.15, 0.2) is 5.69 Å². The molecule has 5 rings (SSSR count). The number of rotatable bonds is 4. The number of carbonyl (C=O) groups excluding carboxylic acids is 2. The van der Waals surface area contributed by atoms with E-state index in [9.17, 15) is 9.59 Å². The first-order chi connectivity index (χ1) is 15.9. The van der Waals surface area contributed by atoms with Crippen LogP contribution in [0, 0.1) is 12.3 Å². The molecule has 9 heteroatoms. The zero-order chi connectivity index (χ0) is 23.2. The summed E-state index contributed by atoms with van der Waals surface area (Å²) in [5, 5.41) is 11.1. The molecule has 0 saturated carbocycles. The summed E-state index contributed by atoms with van der Waals surface area (Å²) in [5.41, 5.74) is 3.70. The monoisotopic (exact) mass is 448 g/mol. The van der Waals surface area contributed by atoms with Crippen molar-refractivity contribution in [1.82, 2.24) is 24.9 Å². The second-order valence-electron chi connectivity index (χ2n) is 8.95. The number of nitrogens with one attached hydrogen (secondary N) is 1. The van der Waals surface area contributed by atoms with Crippen LogP contribution in [-0.4, -0.2) is 63.4 Å². The molecule has 1 spiro atoms. The number of H-pyrrole nitrogens is 1. The van der Waals surface area contributed by atoms with Gasteiger partial charge in [-0.15, -0.1) is 0 Å². The van der Waals surface area contributed by atoms with E-state index in [2.05, 4.69) is 15.3 Å². The van der Waals surface area contributed by atoms with E-state index in [1.165, 1.54) is 0 Å². The zero-order valence-electron chi connectivity index (χ0n) is 19.2. The first kappa shape index (κ1) is 21.2. The van der Waals surface area contributed by atoms with Gasteiger partial charge in [0.05, 0.1) is 18.7 Å². The van der Waals surface area contributed by atoms with Gasteiger partial charge in [-0.2, -0.15) is 10.2 Å². The number of ether oxygens (including phenoxy) is 1. The molecule has 33 heavy (non-hydrogen) atoms. The molecule has 2 amide bonds. The van der Waals surface area contributed by atoms with Gasteiger partial charge in [-0.25, -0.2) is 0 Å². The van der Waals surface area contributed by atoms with Gasteiger partial charge in [0.1, 0.15) is 5.75 Å².